The largest absolute Gasteiger partial charge is 0.493 e. The second-order valence-electron chi connectivity index (χ2n) is 6.42. The Bertz CT molecular complexity index is 1010. The van der Waals surface area contributed by atoms with E-state index in [4.69, 9.17) is 19.2 Å². The second kappa shape index (κ2) is 9.95. The Hall–Kier alpha value is -2.58. The van der Waals surface area contributed by atoms with Crippen molar-refractivity contribution in [2.24, 2.45) is 0 Å². The van der Waals surface area contributed by atoms with E-state index in [1.165, 1.54) is 32.7 Å². The summed E-state index contributed by atoms with van der Waals surface area (Å²) >= 11 is 4.95. The predicted octanol–water partition coefficient (Wildman–Crippen LogP) is 5.80. The number of amides is 1. The van der Waals surface area contributed by atoms with Crippen LogP contribution in [0.4, 0.5) is 5.13 Å². The summed E-state index contributed by atoms with van der Waals surface area (Å²) in [6.07, 6.45) is 1.88. The standard InChI is InChI=1S/C22H23BrN2O4S/c1-5-6-18-19(13-7-9-15(23)10-8-13)24-22(30-18)25-21(26)14-11-16(27-2)20(29-4)17(12-14)28-3/h7-12H,5-6H2,1-4H3,(H,24,25,26). The number of aromatic nitrogens is 1. The van der Waals surface area contributed by atoms with Gasteiger partial charge in [-0.2, -0.15) is 0 Å². The van der Waals surface area contributed by atoms with Crippen molar-refractivity contribution in [2.75, 3.05) is 26.6 Å². The topological polar surface area (TPSA) is 69.7 Å². The molecule has 0 aliphatic carbocycles. The number of nitrogens with one attached hydrogen (secondary N) is 1. The van der Waals surface area contributed by atoms with Crippen molar-refractivity contribution in [1.29, 1.82) is 0 Å². The zero-order valence-corrected chi connectivity index (χ0v) is 19.6. The van der Waals surface area contributed by atoms with Crippen LogP contribution in [0.15, 0.2) is 40.9 Å². The van der Waals surface area contributed by atoms with Crippen LogP contribution in [-0.4, -0.2) is 32.2 Å². The molecule has 0 bridgehead atoms. The number of aryl methyl sites for hydroxylation is 1. The highest BCUT2D eigenvalue weighted by Gasteiger charge is 2.19. The van der Waals surface area contributed by atoms with E-state index in [1.807, 2.05) is 24.3 Å². The molecular formula is C22H23BrN2O4S. The molecule has 0 saturated carbocycles. The molecule has 0 aliphatic heterocycles. The number of carbonyl (C=O) groups is 1. The average Bonchev–Trinajstić information content (AvgIpc) is 3.15. The number of anilines is 1. The molecule has 6 nitrogen and oxygen atoms in total. The summed E-state index contributed by atoms with van der Waals surface area (Å²) in [6, 6.07) is 11.2. The average molecular weight is 491 g/mol. The maximum absolute atomic E-state index is 12.9. The first-order valence-electron chi connectivity index (χ1n) is 9.37. The van der Waals surface area contributed by atoms with E-state index in [9.17, 15) is 4.79 Å². The van der Waals surface area contributed by atoms with Crippen molar-refractivity contribution in [3.05, 3.63) is 51.3 Å². The monoisotopic (exact) mass is 490 g/mol. The number of nitrogens with zero attached hydrogens (tertiary/aromatic N) is 1. The molecule has 1 N–H and O–H groups in total. The molecule has 3 rings (SSSR count). The third-order valence-electron chi connectivity index (χ3n) is 4.44. The number of rotatable bonds is 8. The van der Waals surface area contributed by atoms with Crippen molar-refractivity contribution < 1.29 is 19.0 Å². The van der Waals surface area contributed by atoms with Gasteiger partial charge in [0, 0.05) is 20.5 Å². The van der Waals surface area contributed by atoms with Gasteiger partial charge in [-0.3, -0.25) is 10.1 Å². The first-order valence-corrected chi connectivity index (χ1v) is 11.0. The Balaban J connectivity index is 1.92. The van der Waals surface area contributed by atoms with E-state index in [-0.39, 0.29) is 5.91 Å². The van der Waals surface area contributed by atoms with E-state index < -0.39 is 0 Å². The van der Waals surface area contributed by atoms with Crippen molar-refractivity contribution >= 4 is 38.3 Å². The molecule has 1 aromatic heterocycles. The summed E-state index contributed by atoms with van der Waals surface area (Å²) in [7, 11) is 4.55. The fourth-order valence-corrected chi connectivity index (χ4v) is 4.36. The van der Waals surface area contributed by atoms with Crippen LogP contribution < -0.4 is 19.5 Å². The molecule has 1 heterocycles. The Morgan fingerprint density at radius 3 is 2.23 bits per heavy atom. The lowest BCUT2D eigenvalue weighted by atomic mass is 10.1. The van der Waals surface area contributed by atoms with Crippen LogP contribution in [-0.2, 0) is 6.42 Å². The molecule has 3 aromatic rings. The van der Waals surface area contributed by atoms with Crippen LogP contribution in [0.2, 0.25) is 0 Å². The fraction of sp³-hybridized carbons (Fsp3) is 0.273. The molecule has 0 aliphatic rings. The highest BCUT2D eigenvalue weighted by molar-refractivity contribution is 9.10. The van der Waals surface area contributed by atoms with Crippen LogP contribution in [0.3, 0.4) is 0 Å². The van der Waals surface area contributed by atoms with Gasteiger partial charge in [-0.05, 0) is 30.7 Å². The third kappa shape index (κ3) is 4.76. The van der Waals surface area contributed by atoms with Crippen LogP contribution >= 0.6 is 27.3 Å². The van der Waals surface area contributed by atoms with E-state index in [0.717, 1.165) is 33.4 Å². The number of ether oxygens (including phenoxy) is 3. The quantitative estimate of drug-likeness (QED) is 0.431. The van der Waals surface area contributed by atoms with Gasteiger partial charge in [0.1, 0.15) is 0 Å². The minimum Gasteiger partial charge on any atom is -0.493 e. The van der Waals surface area contributed by atoms with Gasteiger partial charge in [-0.25, -0.2) is 4.98 Å². The minimum atomic E-state index is -0.298. The van der Waals surface area contributed by atoms with Gasteiger partial charge in [0.2, 0.25) is 5.75 Å². The number of thiazole rings is 1. The van der Waals surface area contributed by atoms with Crippen molar-refractivity contribution in [3.8, 4) is 28.5 Å². The number of hydrogen-bond donors (Lipinski definition) is 1. The first kappa shape index (κ1) is 22.1. The van der Waals surface area contributed by atoms with Crippen molar-refractivity contribution in [2.45, 2.75) is 19.8 Å². The highest BCUT2D eigenvalue weighted by Crippen LogP contribution is 2.39. The lowest BCUT2D eigenvalue weighted by Crippen LogP contribution is -2.12. The zero-order valence-electron chi connectivity index (χ0n) is 17.2. The van der Waals surface area contributed by atoms with E-state index in [2.05, 4.69) is 28.2 Å². The van der Waals surface area contributed by atoms with E-state index >= 15 is 0 Å². The Kier molecular flexibility index (Phi) is 7.33. The van der Waals surface area contributed by atoms with Crippen molar-refractivity contribution in [3.63, 3.8) is 0 Å². The Morgan fingerprint density at radius 1 is 1.07 bits per heavy atom. The molecule has 158 valence electrons. The second-order valence-corrected chi connectivity index (χ2v) is 8.42. The van der Waals surface area contributed by atoms with Gasteiger partial charge in [0.15, 0.2) is 16.6 Å². The summed E-state index contributed by atoms with van der Waals surface area (Å²) in [6.45, 7) is 2.12. The zero-order chi connectivity index (χ0) is 21.7. The summed E-state index contributed by atoms with van der Waals surface area (Å²) in [5.74, 6) is 0.980. The molecule has 0 radical (unpaired) electrons. The molecule has 2 aromatic carbocycles. The maximum atomic E-state index is 12.9. The molecule has 8 heteroatoms. The van der Waals surface area contributed by atoms with E-state index in [0.29, 0.717) is 27.9 Å². The molecule has 0 unspecified atom stereocenters. The number of hydrogen-bond acceptors (Lipinski definition) is 6. The molecular weight excluding hydrogens is 468 g/mol. The third-order valence-corrected chi connectivity index (χ3v) is 6.00. The van der Waals surface area contributed by atoms with Gasteiger partial charge in [-0.1, -0.05) is 41.4 Å². The molecule has 0 atom stereocenters. The minimum absolute atomic E-state index is 0.298. The SMILES string of the molecule is CCCc1sc(NC(=O)c2cc(OC)c(OC)c(OC)c2)nc1-c1ccc(Br)cc1. The van der Waals surface area contributed by atoms with E-state index in [1.54, 1.807) is 12.1 Å². The molecule has 30 heavy (non-hydrogen) atoms. The van der Waals surface area contributed by atoms with Gasteiger partial charge >= 0.3 is 0 Å². The smallest absolute Gasteiger partial charge is 0.257 e. The van der Waals surface area contributed by atoms with Crippen LogP contribution in [0.25, 0.3) is 11.3 Å². The Labute approximate surface area is 188 Å². The number of methoxy groups -OCH3 is 3. The summed E-state index contributed by atoms with van der Waals surface area (Å²) in [5.41, 5.74) is 2.31. The van der Waals surface area contributed by atoms with Gasteiger partial charge in [0.05, 0.1) is 27.0 Å². The van der Waals surface area contributed by atoms with Crippen molar-refractivity contribution in [1.82, 2.24) is 4.98 Å². The predicted molar refractivity (Wildman–Crippen MR) is 123 cm³/mol. The number of halogens is 1. The summed E-state index contributed by atoms with van der Waals surface area (Å²) in [4.78, 5) is 18.7. The van der Waals surface area contributed by atoms with Gasteiger partial charge < -0.3 is 14.2 Å². The molecule has 0 fully saturated rings. The van der Waals surface area contributed by atoms with Crippen LogP contribution in [0, 0.1) is 0 Å². The molecule has 0 saturated heterocycles. The maximum Gasteiger partial charge on any atom is 0.257 e. The van der Waals surface area contributed by atoms with Gasteiger partial charge in [-0.15, -0.1) is 11.3 Å². The molecule has 0 spiro atoms. The fourth-order valence-electron chi connectivity index (χ4n) is 3.02. The van der Waals surface area contributed by atoms with Gasteiger partial charge in [0.25, 0.3) is 5.91 Å². The first-order chi connectivity index (χ1) is 14.5. The number of carbonyl (C=O) groups excluding carboxylic acids is 1. The highest BCUT2D eigenvalue weighted by atomic mass is 79.9. The van der Waals surface area contributed by atoms with Crippen LogP contribution in [0.5, 0.6) is 17.2 Å². The lowest BCUT2D eigenvalue weighted by molar-refractivity contribution is 0.102. The molecule has 1 amide bonds. The van der Waals surface area contributed by atoms with Crippen LogP contribution in [0.1, 0.15) is 28.6 Å². The Morgan fingerprint density at radius 2 is 1.70 bits per heavy atom. The number of benzene rings is 2. The summed E-state index contributed by atoms with van der Waals surface area (Å²) in [5, 5.41) is 3.46. The summed E-state index contributed by atoms with van der Waals surface area (Å²) < 4.78 is 17.0. The normalized spacial score (nSPS) is 10.6. The lowest BCUT2D eigenvalue weighted by Gasteiger charge is -2.13.